The molecule has 23 heteroatoms. The maximum atomic E-state index is 7.75. The van der Waals surface area contributed by atoms with Gasteiger partial charge in [0.2, 0.25) is 0 Å². The lowest BCUT2D eigenvalue weighted by Crippen LogP contribution is -2.89. The molecule has 8 bridgehead atoms. The van der Waals surface area contributed by atoms with E-state index in [9.17, 15) is 0 Å². The molecule has 7 fully saturated rings. The Morgan fingerprint density at radius 3 is 0.860 bits per heavy atom. The molecule has 0 aromatic rings. The fraction of sp³-hybridized carbons (Fsp3) is 1.00. The summed E-state index contributed by atoms with van der Waals surface area (Å²) in [7, 11) is -32.3. The molecule has 15 nitrogen and oxygen atoms in total. The van der Waals surface area contributed by atoms with Gasteiger partial charge in [-0.15, -0.1) is 0 Å². The number of hydrogen-bond donors (Lipinski definition) is 0. The second-order valence-corrected chi connectivity index (χ2v) is 43.4. The number of ether oxygens (including phenoxy) is 2. The van der Waals surface area contributed by atoms with Gasteiger partial charge in [-0.2, -0.15) is 0 Å². The summed E-state index contributed by atoms with van der Waals surface area (Å²) in [4.78, 5) is 0. The minimum Gasteiger partial charge on any atom is -0.379 e. The summed E-state index contributed by atoms with van der Waals surface area (Å²) in [6.07, 6.45) is 0.725. The van der Waals surface area contributed by atoms with Crippen molar-refractivity contribution in [3.8, 4) is 0 Å². The molecule has 57 heavy (non-hydrogen) atoms. The Labute approximate surface area is 352 Å². The average molecular weight is 948 g/mol. The molecule has 0 spiro atoms. The first-order valence-electron chi connectivity index (χ1n) is 21.7. The second-order valence-electron chi connectivity index (χ2n) is 19.9. The van der Waals surface area contributed by atoms with Crippen molar-refractivity contribution >= 4 is 70.7 Å². The van der Waals surface area contributed by atoms with Crippen LogP contribution in [0.2, 0.25) is 42.3 Å². The largest absolute Gasteiger partial charge is 0.657 e. The molecule has 7 saturated heterocycles. The van der Waals surface area contributed by atoms with Gasteiger partial charge >= 0.3 is 70.7 Å². The molecule has 7 aliphatic heterocycles. The molecule has 7 aliphatic rings. The van der Waals surface area contributed by atoms with Crippen LogP contribution in [0.3, 0.4) is 0 Å². The second kappa shape index (κ2) is 18.0. The highest BCUT2D eigenvalue weighted by molar-refractivity contribution is 7.02. The van der Waals surface area contributed by atoms with E-state index in [1.54, 1.807) is 0 Å². The molecule has 0 aromatic heterocycles. The van der Waals surface area contributed by atoms with Crippen LogP contribution >= 0.6 is 0 Å². The maximum Gasteiger partial charge on any atom is 0.657 e. The Hall–Kier alpha value is 1.14. The van der Waals surface area contributed by atoms with Gasteiger partial charge in [-0.3, -0.25) is 0 Å². The van der Waals surface area contributed by atoms with E-state index in [0.717, 1.165) is 6.61 Å². The van der Waals surface area contributed by atoms with E-state index in [2.05, 4.69) is 96.9 Å². The van der Waals surface area contributed by atoms with E-state index < -0.39 is 70.7 Å². The van der Waals surface area contributed by atoms with Gasteiger partial charge in [-0.1, -0.05) is 96.9 Å². The van der Waals surface area contributed by atoms with Crippen LogP contribution in [0.5, 0.6) is 0 Å². The summed E-state index contributed by atoms with van der Waals surface area (Å²) in [6, 6.07) is 3.06. The minimum atomic E-state index is -4.44. The zero-order valence-electron chi connectivity index (χ0n) is 37.2. The summed E-state index contributed by atoms with van der Waals surface area (Å²) in [5.41, 5.74) is 0. The molecule has 332 valence electrons. The molecule has 7 rings (SSSR count). The number of epoxide rings is 1. The van der Waals surface area contributed by atoms with Crippen LogP contribution in [0, 0.1) is 41.4 Å². The lowest BCUT2D eigenvalue weighted by Gasteiger charge is -2.63. The number of hydrogen-bond acceptors (Lipinski definition) is 15. The van der Waals surface area contributed by atoms with Crippen molar-refractivity contribution in [1.82, 2.24) is 0 Å². The van der Waals surface area contributed by atoms with Crippen molar-refractivity contribution in [2.24, 2.45) is 41.4 Å². The summed E-state index contributed by atoms with van der Waals surface area (Å²) >= 11 is 0. The van der Waals surface area contributed by atoms with Crippen molar-refractivity contribution in [2.75, 3.05) is 26.4 Å². The molecule has 0 aliphatic carbocycles. The van der Waals surface area contributed by atoms with Gasteiger partial charge in [0, 0.05) is 55.5 Å². The van der Waals surface area contributed by atoms with Gasteiger partial charge in [-0.05, 0) is 47.8 Å². The highest BCUT2D eigenvalue weighted by Gasteiger charge is 2.84. The van der Waals surface area contributed by atoms with E-state index in [0.29, 0.717) is 61.9 Å². The van der Waals surface area contributed by atoms with Gasteiger partial charge in [0.1, 0.15) is 6.10 Å². The van der Waals surface area contributed by atoms with Gasteiger partial charge in [-0.25, -0.2) is 0 Å². The van der Waals surface area contributed by atoms with Crippen LogP contribution in [-0.2, 0) is 63.3 Å². The smallest absolute Gasteiger partial charge is 0.379 e. The Bertz CT molecular complexity index is 1210. The predicted molar refractivity (Wildman–Crippen MR) is 228 cm³/mol. The van der Waals surface area contributed by atoms with Crippen molar-refractivity contribution < 1.29 is 63.3 Å². The Morgan fingerprint density at radius 1 is 0.386 bits per heavy atom. The fourth-order valence-electron chi connectivity index (χ4n) is 8.40. The van der Waals surface area contributed by atoms with Crippen LogP contribution in [0.25, 0.3) is 0 Å². The zero-order chi connectivity index (χ0) is 41.7. The first-order valence-corrected chi connectivity index (χ1v) is 36.9. The van der Waals surface area contributed by atoms with Crippen LogP contribution in [0.15, 0.2) is 0 Å². The van der Waals surface area contributed by atoms with Crippen LogP contribution in [-0.4, -0.2) is 103 Å². The van der Waals surface area contributed by atoms with E-state index >= 15 is 0 Å². The molecule has 0 amide bonds. The van der Waals surface area contributed by atoms with E-state index in [1.165, 1.54) is 0 Å². The summed E-state index contributed by atoms with van der Waals surface area (Å²) in [5.74, 6) is 0.621. The van der Waals surface area contributed by atoms with Crippen molar-refractivity contribution in [3.05, 3.63) is 0 Å². The van der Waals surface area contributed by atoms with Crippen molar-refractivity contribution in [1.29, 1.82) is 0 Å². The van der Waals surface area contributed by atoms with Crippen LogP contribution in [0.4, 0.5) is 0 Å². The number of rotatable bonds is 21. The molecule has 0 radical (unpaired) electrons. The third kappa shape index (κ3) is 11.8. The SMILES string of the molecule is CC(C)C[Si]12O[Si]3(CC(C)C)O[Si]4(CC(C)C)O[Si](CC(C)C)(O1)O[Si]1(CC(C)C)O[Si](CC(C)C)(O2)O[Si](CC(C)C)(O3)O[Si](OCCCOCC2CO2)(O4)O1. The average Bonchev–Trinajstić information content (AvgIpc) is 3.76. The van der Waals surface area contributed by atoms with Gasteiger partial charge < -0.3 is 63.3 Å². The van der Waals surface area contributed by atoms with E-state index in [-0.39, 0.29) is 54.1 Å². The van der Waals surface area contributed by atoms with Gasteiger partial charge in [0.05, 0.1) is 13.2 Å². The molecule has 1 unspecified atom stereocenters. The zero-order valence-corrected chi connectivity index (χ0v) is 45.2. The monoisotopic (exact) mass is 946 g/mol. The third-order valence-corrected chi connectivity index (χ3v) is 48.6. The van der Waals surface area contributed by atoms with Crippen molar-refractivity contribution in [3.63, 3.8) is 0 Å². The highest BCUT2D eigenvalue weighted by Crippen LogP contribution is 2.55. The Kier molecular flexibility index (Phi) is 15.0. The molecule has 0 N–H and O–H groups in total. The molecule has 0 saturated carbocycles. The standard InChI is InChI=1S/C34H74O15Si8/c1-27(2)20-50-38-51(21-28(3)4)41-54(24-31(9)10)43-52(39-50,22-29(5)6)45-56(26-33(13)14)46-53(40-50,23-30(7)8)44-55(42-51,25-32(11)12)48-57(47-54,49-56)37-17-15-16-35-18-34-19-36-34/h27-34H,15-26H2,1-14H3. The van der Waals surface area contributed by atoms with Crippen LogP contribution < -0.4 is 0 Å². The highest BCUT2D eigenvalue weighted by atomic mass is 28.6. The molecule has 1 atom stereocenters. The Morgan fingerprint density at radius 2 is 0.632 bits per heavy atom. The normalized spacial score (nSPS) is 41.5. The Balaban J connectivity index is 1.65. The summed E-state index contributed by atoms with van der Waals surface area (Å²) in [6.45, 7) is 32.0. The first-order chi connectivity index (χ1) is 26.5. The molecular formula is C34H74O15Si8. The van der Waals surface area contributed by atoms with Crippen LogP contribution in [0.1, 0.15) is 103 Å². The quantitative estimate of drug-likeness (QED) is 0.0631. The summed E-state index contributed by atoms with van der Waals surface area (Å²) in [5, 5.41) is 0. The third-order valence-electron chi connectivity index (χ3n) is 9.67. The fourth-order valence-corrected chi connectivity index (χ4v) is 58.1. The predicted octanol–water partition coefficient (Wildman–Crippen LogP) is 7.68. The molecule has 0 aromatic carbocycles. The topological polar surface area (TPSA) is 142 Å². The lowest BCUT2D eigenvalue weighted by atomic mass is 10.3. The van der Waals surface area contributed by atoms with Gasteiger partial charge in [0.15, 0.2) is 0 Å². The van der Waals surface area contributed by atoms with Gasteiger partial charge in [0.25, 0.3) is 0 Å². The summed E-state index contributed by atoms with van der Waals surface area (Å²) < 4.78 is 111. The minimum absolute atomic E-state index is 0.0693. The van der Waals surface area contributed by atoms with E-state index in [4.69, 9.17) is 63.3 Å². The van der Waals surface area contributed by atoms with Crippen molar-refractivity contribution in [2.45, 2.75) is 152 Å². The van der Waals surface area contributed by atoms with E-state index in [1.807, 2.05) is 0 Å². The lowest BCUT2D eigenvalue weighted by molar-refractivity contribution is -0.0630. The maximum absolute atomic E-state index is 7.75. The molecule has 7 heterocycles. The molecular weight excluding hydrogens is 873 g/mol. The first kappa shape index (κ1) is 47.6.